The Morgan fingerprint density at radius 3 is 2.86 bits per heavy atom. The molecule has 0 spiro atoms. The van der Waals surface area contributed by atoms with Gasteiger partial charge in [0.05, 0.1) is 22.9 Å². The van der Waals surface area contributed by atoms with Crippen LogP contribution in [0.5, 0.6) is 0 Å². The summed E-state index contributed by atoms with van der Waals surface area (Å²) in [6.07, 6.45) is 7.34. The molecule has 2 N–H and O–H groups in total. The Morgan fingerprint density at radius 2 is 1.97 bits per heavy atom. The van der Waals surface area contributed by atoms with Crippen LogP contribution in [0.3, 0.4) is 0 Å². The summed E-state index contributed by atoms with van der Waals surface area (Å²) in [7, 11) is 2.20. The van der Waals surface area contributed by atoms with Crippen LogP contribution in [0.25, 0.3) is 21.8 Å². The second-order valence-electron chi connectivity index (χ2n) is 7.98. The summed E-state index contributed by atoms with van der Waals surface area (Å²) in [5.41, 5.74) is 12.1. The minimum Gasteiger partial charge on any atom is -0.338 e. The first kappa shape index (κ1) is 18.3. The van der Waals surface area contributed by atoms with Crippen molar-refractivity contribution in [1.29, 1.82) is 0 Å². The molecule has 0 radical (unpaired) electrons. The van der Waals surface area contributed by atoms with E-state index >= 15 is 0 Å². The number of nitrogens with two attached hydrogens (primary N) is 1. The molecular formula is C24H27N5. The van der Waals surface area contributed by atoms with Crippen LogP contribution in [0, 0.1) is 0 Å². The normalized spacial score (nSPS) is 16.6. The van der Waals surface area contributed by atoms with Gasteiger partial charge in [-0.1, -0.05) is 24.3 Å². The summed E-state index contributed by atoms with van der Waals surface area (Å²) in [5.74, 6) is 0. The van der Waals surface area contributed by atoms with E-state index in [0.717, 1.165) is 31.6 Å². The van der Waals surface area contributed by atoms with E-state index in [2.05, 4.69) is 59.0 Å². The van der Waals surface area contributed by atoms with E-state index in [0.29, 0.717) is 12.6 Å². The number of aryl methyl sites for hydroxylation is 1. The zero-order chi connectivity index (χ0) is 19.8. The first-order valence-corrected chi connectivity index (χ1v) is 10.5. The highest BCUT2D eigenvalue weighted by Gasteiger charge is 2.26. The minimum absolute atomic E-state index is 0.337. The van der Waals surface area contributed by atoms with E-state index in [1.54, 1.807) is 0 Å². The average Bonchev–Trinajstić information content (AvgIpc) is 3.08. The molecule has 5 nitrogen and oxygen atoms in total. The van der Waals surface area contributed by atoms with Crippen molar-refractivity contribution in [2.24, 2.45) is 5.73 Å². The van der Waals surface area contributed by atoms with Crippen molar-refractivity contribution in [3.05, 3.63) is 71.8 Å². The minimum atomic E-state index is 0.337. The highest BCUT2D eigenvalue weighted by molar-refractivity contribution is 6.08. The fraction of sp³-hybridized carbons (Fsp3) is 0.333. The van der Waals surface area contributed by atoms with Crippen LogP contribution in [0.2, 0.25) is 0 Å². The van der Waals surface area contributed by atoms with Gasteiger partial charge in [-0.05, 0) is 50.1 Å². The molecule has 5 heteroatoms. The summed E-state index contributed by atoms with van der Waals surface area (Å²) < 4.78 is 2.34. The number of benzene rings is 1. The van der Waals surface area contributed by atoms with Gasteiger partial charge in [0.2, 0.25) is 0 Å². The zero-order valence-corrected chi connectivity index (χ0v) is 16.9. The predicted octanol–water partition coefficient (Wildman–Crippen LogP) is 4.05. The van der Waals surface area contributed by atoms with Gasteiger partial charge >= 0.3 is 0 Å². The van der Waals surface area contributed by atoms with E-state index < -0.39 is 0 Å². The molecule has 0 saturated carbocycles. The topological polar surface area (TPSA) is 60.0 Å². The van der Waals surface area contributed by atoms with Crippen molar-refractivity contribution >= 4 is 21.8 Å². The first-order chi connectivity index (χ1) is 14.3. The average molecular weight is 386 g/mol. The predicted molar refractivity (Wildman–Crippen MR) is 118 cm³/mol. The maximum absolute atomic E-state index is 5.96. The molecule has 0 amide bonds. The highest BCUT2D eigenvalue weighted by atomic mass is 15.2. The van der Waals surface area contributed by atoms with E-state index in [1.165, 1.54) is 39.5 Å². The summed E-state index contributed by atoms with van der Waals surface area (Å²) in [4.78, 5) is 11.9. The SMILES string of the molecule is CN(Cc1nccc2c3ccccc3n(CCN)c12)[C@H]1CCCc2cccnc21. The Hall–Kier alpha value is -2.76. The lowest BCUT2D eigenvalue weighted by Crippen LogP contribution is -2.29. The van der Waals surface area contributed by atoms with Crippen LogP contribution in [-0.4, -0.2) is 33.0 Å². The molecule has 148 valence electrons. The van der Waals surface area contributed by atoms with Crippen LogP contribution in [0.15, 0.2) is 54.9 Å². The van der Waals surface area contributed by atoms with E-state index in [-0.39, 0.29) is 0 Å². The molecule has 0 saturated heterocycles. The second kappa shape index (κ2) is 7.58. The molecule has 0 fully saturated rings. The summed E-state index contributed by atoms with van der Waals surface area (Å²) >= 11 is 0. The molecule has 1 aliphatic carbocycles. The van der Waals surface area contributed by atoms with Crippen molar-refractivity contribution in [3.8, 4) is 0 Å². The number of hydrogen-bond acceptors (Lipinski definition) is 4. The third-order valence-electron chi connectivity index (χ3n) is 6.20. The van der Waals surface area contributed by atoms with Gasteiger partial charge in [-0.2, -0.15) is 0 Å². The number of hydrogen-bond donors (Lipinski definition) is 1. The molecule has 29 heavy (non-hydrogen) atoms. The summed E-state index contributed by atoms with van der Waals surface area (Å²) in [6, 6.07) is 15.3. The first-order valence-electron chi connectivity index (χ1n) is 10.5. The fourth-order valence-electron chi connectivity index (χ4n) is 4.91. The largest absolute Gasteiger partial charge is 0.338 e. The summed E-state index contributed by atoms with van der Waals surface area (Å²) in [5, 5.41) is 2.53. The van der Waals surface area contributed by atoms with Crippen LogP contribution in [-0.2, 0) is 19.5 Å². The molecule has 1 aromatic carbocycles. The van der Waals surface area contributed by atoms with Gasteiger partial charge in [0.25, 0.3) is 0 Å². The lowest BCUT2D eigenvalue weighted by molar-refractivity contribution is 0.207. The van der Waals surface area contributed by atoms with E-state index in [1.807, 2.05) is 12.4 Å². The smallest absolute Gasteiger partial charge is 0.0786 e. The maximum Gasteiger partial charge on any atom is 0.0786 e. The second-order valence-corrected chi connectivity index (χ2v) is 7.98. The van der Waals surface area contributed by atoms with Crippen molar-refractivity contribution in [2.75, 3.05) is 13.6 Å². The van der Waals surface area contributed by atoms with Crippen molar-refractivity contribution in [1.82, 2.24) is 19.4 Å². The number of nitrogens with zero attached hydrogens (tertiary/aromatic N) is 4. The third kappa shape index (κ3) is 3.11. The van der Waals surface area contributed by atoms with E-state index in [4.69, 9.17) is 15.7 Å². The van der Waals surface area contributed by atoms with Gasteiger partial charge in [-0.25, -0.2) is 0 Å². The number of para-hydroxylation sites is 1. The monoisotopic (exact) mass is 385 g/mol. The molecule has 0 aliphatic heterocycles. The van der Waals surface area contributed by atoms with E-state index in [9.17, 15) is 0 Å². The maximum atomic E-state index is 5.96. The van der Waals surface area contributed by atoms with Gasteiger partial charge in [0.15, 0.2) is 0 Å². The Kier molecular flexibility index (Phi) is 4.78. The van der Waals surface area contributed by atoms with Crippen molar-refractivity contribution in [2.45, 2.75) is 38.4 Å². The van der Waals surface area contributed by atoms with Crippen LogP contribution in [0.1, 0.15) is 35.8 Å². The molecule has 3 aromatic heterocycles. The Morgan fingerprint density at radius 1 is 1.07 bits per heavy atom. The van der Waals surface area contributed by atoms with Gasteiger partial charge in [-0.15, -0.1) is 0 Å². The highest BCUT2D eigenvalue weighted by Crippen LogP contribution is 2.35. The van der Waals surface area contributed by atoms with Crippen LogP contribution in [0.4, 0.5) is 0 Å². The Balaban J connectivity index is 1.58. The molecule has 0 unspecified atom stereocenters. The van der Waals surface area contributed by atoms with Crippen LogP contribution >= 0.6 is 0 Å². The molecule has 0 bridgehead atoms. The Bertz CT molecular complexity index is 1160. The molecular weight excluding hydrogens is 358 g/mol. The third-order valence-corrected chi connectivity index (χ3v) is 6.20. The zero-order valence-electron chi connectivity index (χ0n) is 16.9. The van der Waals surface area contributed by atoms with Gasteiger partial charge in [0.1, 0.15) is 0 Å². The Labute approximate surface area is 171 Å². The molecule has 5 rings (SSSR count). The van der Waals surface area contributed by atoms with Crippen LogP contribution < -0.4 is 5.73 Å². The molecule has 1 aliphatic rings. The number of pyridine rings is 2. The molecule has 4 aromatic rings. The lowest BCUT2D eigenvalue weighted by Gasteiger charge is -2.32. The van der Waals surface area contributed by atoms with Crippen molar-refractivity contribution in [3.63, 3.8) is 0 Å². The van der Waals surface area contributed by atoms with Crippen molar-refractivity contribution < 1.29 is 0 Å². The summed E-state index contributed by atoms with van der Waals surface area (Å²) in [6.45, 7) is 2.19. The molecule has 3 heterocycles. The molecule has 1 atom stereocenters. The standard InChI is InChI=1S/C24H27N5/c1-28(22-10-4-6-17-7-5-13-27-23(17)22)16-20-24-19(11-14-26-20)18-8-2-3-9-21(18)29(24)15-12-25/h2-3,5,7-9,11,13-14,22H,4,6,10,12,15-16,25H2,1H3/t22-/m0/s1. The lowest BCUT2D eigenvalue weighted by atomic mass is 9.91. The quantitative estimate of drug-likeness (QED) is 0.563. The van der Waals surface area contributed by atoms with Gasteiger partial charge in [-0.3, -0.25) is 14.9 Å². The number of fused-ring (bicyclic) bond motifs is 4. The fourth-order valence-corrected chi connectivity index (χ4v) is 4.91. The number of aromatic nitrogens is 3. The number of rotatable bonds is 5. The van der Waals surface area contributed by atoms with Gasteiger partial charge < -0.3 is 10.3 Å². The van der Waals surface area contributed by atoms with Gasteiger partial charge in [0, 0.05) is 48.3 Å².